The lowest BCUT2D eigenvalue weighted by Crippen LogP contribution is -2.61. The van der Waals surface area contributed by atoms with Crippen LogP contribution in [0.4, 0.5) is 34.1 Å². The molecule has 0 saturated heterocycles. The second-order valence-corrected chi connectivity index (χ2v) is 26.5. The largest absolute Gasteiger partial charge is 0.490 e. The van der Waals surface area contributed by atoms with Gasteiger partial charge in [0.05, 0.1) is 18.9 Å². The van der Waals surface area contributed by atoms with E-state index in [0.29, 0.717) is 13.2 Å². The number of benzene rings is 9. The van der Waals surface area contributed by atoms with Gasteiger partial charge in [-0.15, -0.1) is 11.3 Å². The fourth-order valence-corrected chi connectivity index (χ4v) is 13.7. The van der Waals surface area contributed by atoms with E-state index in [0.717, 1.165) is 29.3 Å². The van der Waals surface area contributed by atoms with Gasteiger partial charge in [0, 0.05) is 61.1 Å². The quantitative estimate of drug-likeness (QED) is 0.160. The third kappa shape index (κ3) is 8.50. The first kappa shape index (κ1) is 50.0. The van der Waals surface area contributed by atoms with Gasteiger partial charge in [-0.3, -0.25) is 0 Å². The lowest BCUT2D eigenvalue weighted by atomic mass is 9.33. The normalized spacial score (nSPS) is 14.1. The van der Waals surface area contributed by atoms with Crippen LogP contribution < -0.4 is 35.7 Å². The minimum Gasteiger partial charge on any atom is -0.490 e. The van der Waals surface area contributed by atoms with Crippen LogP contribution in [0.15, 0.2) is 164 Å². The molecule has 3 aliphatic rings. The Balaban J connectivity index is 1.10. The second kappa shape index (κ2) is 18.3. The van der Waals surface area contributed by atoms with E-state index in [1.165, 1.54) is 126 Å². The standard InChI is InChI=1S/C72H69BN2O2S/c1-43-32-62-68-63(33-43)75(69-44(2)34-54(35-45(69)3)72(10,11)12)61-42-65-64(76-30-15-31-77-65)41-59(61)73(68)58-29-23-48(49-22-28-57-56-16-13-14-17-66(56)78-67(57)40-49)39-60(58)74(62)55-37-50(46-18-24-52(25-19-46)70(4,5)6)36-51(38-55)47-20-26-53(27-21-47)71(7,8)9/h13-14,16-29,32-42H,15,30-31H2,1-12H3. The van der Waals surface area contributed by atoms with Gasteiger partial charge in [0.25, 0.3) is 6.71 Å². The van der Waals surface area contributed by atoms with Crippen molar-refractivity contribution in [3.05, 3.63) is 197 Å². The Morgan fingerprint density at radius 2 is 0.949 bits per heavy atom. The predicted octanol–water partition coefficient (Wildman–Crippen LogP) is 18.1. The van der Waals surface area contributed by atoms with Crippen LogP contribution in [0.3, 0.4) is 0 Å². The highest BCUT2D eigenvalue weighted by atomic mass is 32.1. The molecule has 0 aliphatic carbocycles. The first-order chi connectivity index (χ1) is 37.3. The molecule has 0 N–H and O–H groups in total. The Hall–Kier alpha value is -7.54. The smallest absolute Gasteiger partial charge is 0.252 e. The molecule has 1 aromatic heterocycles. The molecule has 0 unspecified atom stereocenters. The van der Waals surface area contributed by atoms with Crippen LogP contribution in [-0.4, -0.2) is 19.9 Å². The number of hydrogen-bond acceptors (Lipinski definition) is 5. The van der Waals surface area contributed by atoms with Gasteiger partial charge in [-0.2, -0.15) is 0 Å². The Labute approximate surface area is 466 Å². The summed E-state index contributed by atoms with van der Waals surface area (Å²) < 4.78 is 15.8. The summed E-state index contributed by atoms with van der Waals surface area (Å²) in [6.07, 6.45) is 0.832. The lowest BCUT2D eigenvalue weighted by Gasteiger charge is -2.45. The molecule has 78 heavy (non-hydrogen) atoms. The van der Waals surface area contributed by atoms with Gasteiger partial charge < -0.3 is 19.3 Å². The molecule has 0 fully saturated rings. The zero-order chi connectivity index (χ0) is 54.2. The molecule has 10 aromatic rings. The highest BCUT2D eigenvalue weighted by Crippen LogP contribution is 2.50. The average molecular weight is 1040 g/mol. The van der Waals surface area contributed by atoms with Gasteiger partial charge in [-0.25, -0.2) is 0 Å². The van der Waals surface area contributed by atoms with E-state index in [4.69, 9.17) is 9.47 Å². The molecule has 4 heterocycles. The van der Waals surface area contributed by atoms with E-state index in [2.05, 4.69) is 257 Å². The van der Waals surface area contributed by atoms with Crippen molar-refractivity contribution < 1.29 is 9.47 Å². The van der Waals surface area contributed by atoms with Crippen LogP contribution in [0, 0.1) is 20.8 Å². The van der Waals surface area contributed by atoms with E-state index in [1.807, 2.05) is 11.3 Å². The molecular formula is C72H69BN2O2S. The number of nitrogens with zero attached hydrogens (tertiary/aromatic N) is 2. The van der Waals surface area contributed by atoms with Crippen molar-refractivity contribution in [2.45, 2.75) is 106 Å². The molecule has 9 aromatic carbocycles. The fraction of sp³-hybridized carbons (Fsp3) is 0.250. The number of ether oxygens (including phenoxy) is 2. The Morgan fingerprint density at radius 3 is 1.56 bits per heavy atom. The van der Waals surface area contributed by atoms with Crippen molar-refractivity contribution >= 4 is 88.7 Å². The highest BCUT2D eigenvalue weighted by molar-refractivity contribution is 7.25. The summed E-state index contributed by atoms with van der Waals surface area (Å²) in [5, 5.41) is 2.62. The van der Waals surface area contributed by atoms with Gasteiger partial charge in [-0.1, -0.05) is 165 Å². The van der Waals surface area contributed by atoms with Crippen molar-refractivity contribution in [2.24, 2.45) is 0 Å². The van der Waals surface area contributed by atoms with E-state index in [-0.39, 0.29) is 23.0 Å². The van der Waals surface area contributed by atoms with Crippen LogP contribution in [0.1, 0.15) is 102 Å². The van der Waals surface area contributed by atoms with Gasteiger partial charge in [0.15, 0.2) is 11.5 Å². The maximum absolute atomic E-state index is 6.63. The van der Waals surface area contributed by atoms with Crippen LogP contribution in [0.25, 0.3) is 53.6 Å². The molecular weight excluding hydrogens is 968 g/mol. The molecule has 0 radical (unpaired) electrons. The first-order valence-electron chi connectivity index (χ1n) is 28.0. The average Bonchev–Trinajstić information content (AvgIpc) is 3.76. The Bertz CT molecular complexity index is 3950. The third-order valence-electron chi connectivity index (χ3n) is 16.7. The number of fused-ring (bicyclic) bond motifs is 8. The number of thiophene rings is 1. The fourth-order valence-electron chi connectivity index (χ4n) is 12.5. The van der Waals surface area contributed by atoms with E-state index >= 15 is 0 Å². The topological polar surface area (TPSA) is 24.9 Å². The minimum atomic E-state index is -0.114. The monoisotopic (exact) mass is 1040 g/mol. The number of aryl methyl sites for hydroxylation is 3. The summed E-state index contributed by atoms with van der Waals surface area (Å²) in [7, 11) is 0. The third-order valence-corrected chi connectivity index (χ3v) is 17.9. The first-order valence-corrected chi connectivity index (χ1v) is 28.8. The molecule has 388 valence electrons. The lowest BCUT2D eigenvalue weighted by molar-refractivity contribution is 0.297. The van der Waals surface area contributed by atoms with Crippen molar-refractivity contribution in [3.63, 3.8) is 0 Å². The van der Waals surface area contributed by atoms with E-state index < -0.39 is 0 Å². The van der Waals surface area contributed by atoms with Gasteiger partial charge in [0.1, 0.15) is 0 Å². The summed E-state index contributed by atoms with van der Waals surface area (Å²) in [5.41, 5.74) is 25.6. The SMILES string of the molecule is Cc1cc2c3c(c1)N(c1c(C)cc(C(C)(C)C)cc1C)c1cc4c(cc1B3c1ccc(-c3ccc5c(c3)sc3ccccc35)cc1N2c1cc(-c2ccc(C(C)(C)C)cc2)cc(-c2ccc(C(C)(C)C)cc2)c1)OCCCO4. The van der Waals surface area contributed by atoms with Crippen LogP contribution >= 0.6 is 11.3 Å². The zero-order valence-electron chi connectivity index (χ0n) is 47.4. The van der Waals surface area contributed by atoms with Crippen LogP contribution in [0.5, 0.6) is 11.5 Å². The van der Waals surface area contributed by atoms with E-state index in [9.17, 15) is 0 Å². The molecule has 0 saturated carbocycles. The molecule has 4 nitrogen and oxygen atoms in total. The molecule has 0 bridgehead atoms. The van der Waals surface area contributed by atoms with Crippen molar-refractivity contribution in [1.82, 2.24) is 0 Å². The maximum atomic E-state index is 6.63. The van der Waals surface area contributed by atoms with Gasteiger partial charge in [0.2, 0.25) is 0 Å². The number of anilines is 6. The number of rotatable bonds is 5. The molecule has 3 aliphatic heterocycles. The predicted molar refractivity (Wildman–Crippen MR) is 336 cm³/mol. The zero-order valence-corrected chi connectivity index (χ0v) is 48.2. The molecule has 13 rings (SSSR count). The molecule has 0 atom stereocenters. The van der Waals surface area contributed by atoms with Crippen molar-refractivity contribution in [2.75, 3.05) is 23.0 Å². The summed E-state index contributed by atoms with van der Waals surface area (Å²) in [5.74, 6) is 1.61. The summed E-state index contributed by atoms with van der Waals surface area (Å²) in [6.45, 7) is 28.7. The maximum Gasteiger partial charge on any atom is 0.252 e. The molecule has 0 spiro atoms. The van der Waals surface area contributed by atoms with Crippen molar-refractivity contribution in [1.29, 1.82) is 0 Å². The van der Waals surface area contributed by atoms with Gasteiger partial charge >= 0.3 is 0 Å². The summed E-state index contributed by atoms with van der Waals surface area (Å²) >= 11 is 1.88. The second-order valence-electron chi connectivity index (χ2n) is 25.4. The van der Waals surface area contributed by atoms with E-state index in [1.54, 1.807) is 0 Å². The van der Waals surface area contributed by atoms with Crippen LogP contribution in [-0.2, 0) is 16.2 Å². The summed E-state index contributed by atoms with van der Waals surface area (Å²) in [4.78, 5) is 5.17. The number of hydrogen-bond donors (Lipinski definition) is 0. The Morgan fingerprint density at radius 1 is 0.423 bits per heavy atom. The minimum absolute atomic E-state index is 0.00665. The molecule has 6 heteroatoms. The summed E-state index contributed by atoms with van der Waals surface area (Å²) in [6, 6.07) is 63.3. The van der Waals surface area contributed by atoms with Gasteiger partial charge in [-0.05, 0) is 175 Å². The molecule has 0 amide bonds. The highest BCUT2D eigenvalue weighted by Gasteiger charge is 2.45. The van der Waals surface area contributed by atoms with Crippen LogP contribution in [0.2, 0.25) is 0 Å². The van der Waals surface area contributed by atoms with Crippen molar-refractivity contribution in [3.8, 4) is 44.9 Å². The Kier molecular flexibility index (Phi) is 11.7.